The van der Waals surface area contributed by atoms with Crippen LogP contribution in [0.15, 0.2) is 28.9 Å². The Morgan fingerprint density at radius 1 is 1.28 bits per heavy atom. The van der Waals surface area contributed by atoms with Gasteiger partial charge in [-0.25, -0.2) is 0 Å². The zero-order valence-corrected chi connectivity index (χ0v) is 17.7. The van der Waals surface area contributed by atoms with Crippen LogP contribution in [-0.2, 0) is 11.3 Å². The van der Waals surface area contributed by atoms with Crippen molar-refractivity contribution in [3.63, 3.8) is 0 Å². The van der Waals surface area contributed by atoms with Gasteiger partial charge in [-0.05, 0) is 37.1 Å². The standard InChI is InChI=1S/C19H25ClN6O2S/c20-15-1-3-16(4-2-15)22-19(27)12-23-7-5-17(6-8-23)26-25(28-26)10-9-24-14-29-13-18(24)11-21/h1-4,17-18H,5-10,12-14H2,(H,22,27). The lowest BCUT2D eigenvalue weighted by atomic mass is 10.1. The summed E-state index contributed by atoms with van der Waals surface area (Å²) in [5.74, 6) is 1.80. The topological polar surface area (TPSA) is 82.4 Å². The largest absolute Gasteiger partial charge is 0.325 e. The molecule has 0 saturated carbocycles. The average Bonchev–Trinajstić information content (AvgIpc) is 3.36. The zero-order chi connectivity index (χ0) is 20.2. The number of carbonyl (C=O) groups excluding carboxylic acids is 1. The number of hydrogen-bond donors (Lipinski definition) is 1. The Balaban J connectivity index is 1.16. The maximum Gasteiger partial charge on any atom is 0.238 e. The molecule has 0 radical (unpaired) electrons. The van der Waals surface area contributed by atoms with E-state index >= 15 is 0 Å². The Morgan fingerprint density at radius 2 is 2.03 bits per heavy atom. The summed E-state index contributed by atoms with van der Waals surface area (Å²) in [4.78, 5) is 20.5. The number of aromatic nitrogens is 2. The van der Waals surface area contributed by atoms with E-state index in [2.05, 4.69) is 21.2 Å². The van der Waals surface area contributed by atoms with Crippen molar-refractivity contribution in [3.05, 3.63) is 29.3 Å². The van der Waals surface area contributed by atoms with Crippen LogP contribution in [-0.4, -0.2) is 69.3 Å². The van der Waals surface area contributed by atoms with Crippen molar-refractivity contribution in [2.24, 2.45) is 0 Å². The van der Waals surface area contributed by atoms with E-state index in [9.17, 15) is 4.79 Å². The molecule has 10 heteroatoms. The maximum atomic E-state index is 12.2. The average molecular weight is 437 g/mol. The van der Waals surface area contributed by atoms with Gasteiger partial charge in [-0.2, -0.15) is 5.26 Å². The van der Waals surface area contributed by atoms with Gasteiger partial charge < -0.3 is 5.32 Å². The Hall–Kier alpha value is -1.86. The second-order valence-corrected chi connectivity index (χ2v) is 8.92. The van der Waals surface area contributed by atoms with Gasteiger partial charge in [0, 0.05) is 42.0 Å². The van der Waals surface area contributed by atoms with E-state index in [0.29, 0.717) is 17.6 Å². The van der Waals surface area contributed by atoms with Crippen molar-refractivity contribution in [1.82, 2.24) is 19.5 Å². The van der Waals surface area contributed by atoms with Gasteiger partial charge in [0.15, 0.2) is 0 Å². The summed E-state index contributed by atoms with van der Waals surface area (Å²) in [6.07, 6.45) is 1.93. The van der Waals surface area contributed by atoms with Crippen LogP contribution in [0.4, 0.5) is 5.69 Å². The highest BCUT2D eigenvalue weighted by molar-refractivity contribution is 7.99. The van der Waals surface area contributed by atoms with Crippen LogP contribution in [0.25, 0.3) is 0 Å². The van der Waals surface area contributed by atoms with Crippen molar-refractivity contribution in [3.8, 4) is 6.07 Å². The molecule has 29 heavy (non-hydrogen) atoms. The van der Waals surface area contributed by atoms with Crippen molar-refractivity contribution in [1.29, 1.82) is 5.26 Å². The molecule has 0 aliphatic carbocycles. The highest BCUT2D eigenvalue weighted by atomic mass is 35.5. The number of piperidine rings is 1. The second kappa shape index (κ2) is 9.30. The first-order valence-corrected chi connectivity index (χ1v) is 11.4. The summed E-state index contributed by atoms with van der Waals surface area (Å²) in [5.41, 5.74) is 0.762. The molecular formula is C19H25ClN6O2S. The Bertz CT molecular complexity index is 846. The molecule has 2 aromatic rings. The van der Waals surface area contributed by atoms with Crippen molar-refractivity contribution in [2.45, 2.75) is 31.5 Å². The van der Waals surface area contributed by atoms with Gasteiger partial charge >= 0.3 is 0 Å². The molecule has 0 bridgehead atoms. The number of benzene rings is 1. The minimum atomic E-state index is -0.00842. The first-order chi connectivity index (χ1) is 14.1. The first-order valence-electron chi connectivity index (χ1n) is 9.86. The third kappa shape index (κ3) is 5.39. The molecular weight excluding hydrogens is 412 g/mol. The molecule has 1 atom stereocenters. The quantitative estimate of drug-likeness (QED) is 0.718. The molecule has 0 spiro atoms. The molecule has 1 N–H and O–H groups in total. The van der Waals surface area contributed by atoms with E-state index in [4.69, 9.17) is 21.5 Å². The van der Waals surface area contributed by atoms with Gasteiger partial charge in [0.2, 0.25) is 5.91 Å². The van der Waals surface area contributed by atoms with Crippen LogP contribution in [0.2, 0.25) is 5.02 Å². The molecule has 156 valence electrons. The number of halogens is 1. The first kappa shape index (κ1) is 20.4. The number of amides is 1. The van der Waals surface area contributed by atoms with Crippen molar-refractivity contribution in [2.75, 3.05) is 43.1 Å². The smallest absolute Gasteiger partial charge is 0.238 e. The van der Waals surface area contributed by atoms with Crippen LogP contribution in [0.1, 0.15) is 18.9 Å². The van der Waals surface area contributed by atoms with Gasteiger partial charge in [-0.15, -0.1) is 11.8 Å². The maximum absolute atomic E-state index is 12.2. The molecule has 1 aromatic carbocycles. The van der Waals surface area contributed by atoms with E-state index in [0.717, 1.165) is 56.3 Å². The number of nitrogens with zero attached hydrogens (tertiary/aromatic N) is 5. The van der Waals surface area contributed by atoms with E-state index in [1.807, 2.05) is 21.5 Å². The fourth-order valence-corrected chi connectivity index (χ4v) is 5.02. The van der Waals surface area contributed by atoms with Gasteiger partial charge in [-0.3, -0.25) is 19.2 Å². The lowest BCUT2D eigenvalue weighted by Gasteiger charge is -2.29. The Morgan fingerprint density at radius 3 is 2.76 bits per heavy atom. The summed E-state index contributed by atoms with van der Waals surface area (Å²) in [7, 11) is 0. The number of anilines is 1. The van der Waals surface area contributed by atoms with Gasteiger partial charge in [0.1, 0.15) is 6.04 Å². The highest BCUT2D eigenvalue weighted by Gasteiger charge is 2.30. The monoisotopic (exact) mass is 436 g/mol. The van der Waals surface area contributed by atoms with E-state index < -0.39 is 0 Å². The number of rotatable bonds is 7. The molecule has 2 fully saturated rings. The minimum Gasteiger partial charge on any atom is -0.325 e. The van der Waals surface area contributed by atoms with Crippen molar-refractivity contribution >= 4 is 35.0 Å². The lowest BCUT2D eigenvalue weighted by Crippen LogP contribution is -2.39. The SMILES string of the molecule is N#CC1CSCN1CCn1on1C1CCN(CC(=O)Nc2ccc(Cl)cc2)CC1. The molecule has 2 aliphatic rings. The Labute approximate surface area is 179 Å². The van der Waals surface area contributed by atoms with Gasteiger partial charge in [0.05, 0.1) is 25.2 Å². The summed E-state index contributed by atoms with van der Waals surface area (Å²) in [6, 6.07) is 9.87. The summed E-state index contributed by atoms with van der Waals surface area (Å²) < 4.78 is 5.63. The molecule has 3 heterocycles. The minimum absolute atomic E-state index is 0.00842. The molecule has 1 unspecified atom stereocenters. The van der Waals surface area contributed by atoms with Crippen molar-refractivity contribution < 1.29 is 9.42 Å². The second-order valence-electron chi connectivity index (χ2n) is 7.48. The van der Waals surface area contributed by atoms with Crippen LogP contribution in [0.5, 0.6) is 0 Å². The molecule has 1 aromatic heterocycles. The van der Waals surface area contributed by atoms with Crippen LogP contribution in [0, 0.1) is 11.3 Å². The molecule has 2 saturated heterocycles. The van der Waals surface area contributed by atoms with Gasteiger partial charge in [-0.1, -0.05) is 21.3 Å². The third-order valence-electron chi connectivity index (χ3n) is 5.44. The van der Waals surface area contributed by atoms with E-state index in [1.54, 1.807) is 24.3 Å². The molecule has 4 rings (SSSR count). The summed E-state index contributed by atoms with van der Waals surface area (Å²) >= 11 is 7.68. The number of nitriles is 1. The fourth-order valence-electron chi connectivity index (χ4n) is 3.73. The Kier molecular flexibility index (Phi) is 6.55. The number of hydrogen-bond acceptors (Lipinski definition) is 6. The normalized spacial score (nSPS) is 21.4. The molecule has 2 aliphatic heterocycles. The zero-order valence-electron chi connectivity index (χ0n) is 16.2. The molecule has 1 amide bonds. The predicted molar refractivity (Wildman–Crippen MR) is 113 cm³/mol. The number of thioether (sulfide) groups is 1. The number of nitrogens with one attached hydrogen (secondary N) is 1. The fraction of sp³-hybridized carbons (Fsp3) is 0.579. The van der Waals surface area contributed by atoms with Crippen LogP contribution >= 0.6 is 23.4 Å². The highest BCUT2D eigenvalue weighted by Crippen LogP contribution is 2.26. The lowest BCUT2D eigenvalue weighted by molar-refractivity contribution is -0.117. The summed E-state index contributed by atoms with van der Waals surface area (Å²) in [6.45, 7) is 3.74. The number of carbonyl (C=O) groups is 1. The van der Waals surface area contributed by atoms with Crippen LogP contribution in [0.3, 0.4) is 0 Å². The van der Waals surface area contributed by atoms with E-state index in [-0.39, 0.29) is 11.9 Å². The number of likely N-dealkylation sites (tertiary alicyclic amines) is 1. The van der Waals surface area contributed by atoms with Crippen LogP contribution < -0.4 is 5.32 Å². The van der Waals surface area contributed by atoms with E-state index in [1.165, 1.54) is 0 Å². The molecule has 8 nitrogen and oxygen atoms in total. The predicted octanol–water partition coefficient (Wildman–Crippen LogP) is 2.71. The van der Waals surface area contributed by atoms with Gasteiger partial charge in [0.25, 0.3) is 0 Å². The summed E-state index contributed by atoms with van der Waals surface area (Å²) in [5, 5.41) is 12.7. The third-order valence-corrected chi connectivity index (χ3v) is 6.76.